The molecule has 0 aromatic carbocycles. The highest BCUT2D eigenvalue weighted by atomic mass is 32.1. The highest BCUT2D eigenvalue weighted by Crippen LogP contribution is 2.18. The molecule has 0 fully saturated rings. The van der Waals surface area contributed by atoms with E-state index in [0.29, 0.717) is 11.5 Å². The van der Waals surface area contributed by atoms with E-state index in [4.69, 9.17) is 0 Å². The van der Waals surface area contributed by atoms with Crippen LogP contribution >= 0.6 is 11.3 Å². The fourth-order valence-electron chi connectivity index (χ4n) is 2.25. The molecule has 2 N–H and O–H groups in total. The second-order valence-electron chi connectivity index (χ2n) is 4.98. The van der Waals surface area contributed by atoms with Gasteiger partial charge >= 0.3 is 0 Å². The van der Waals surface area contributed by atoms with Crippen molar-refractivity contribution in [3.8, 4) is 0 Å². The summed E-state index contributed by atoms with van der Waals surface area (Å²) in [5, 5.41) is 8.19. The Morgan fingerprint density at radius 2 is 2.32 bits per heavy atom. The normalized spacial score (nSPS) is 10.8. The Bertz CT molecular complexity index is 794. The molecule has 0 unspecified atom stereocenters. The van der Waals surface area contributed by atoms with Gasteiger partial charge in [-0.3, -0.25) is 9.20 Å². The monoisotopic (exact) mass is 315 g/mol. The van der Waals surface area contributed by atoms with Crippen LogP contribution < -0.4 is 10.6 Å². The number of fused-ring (bicyclic) bond motifs is 1. The van der Waals surface area contributed by atoms with Crippen LogP contribution in [0.2, 0.25) is 0 Å². The Hall–Kier alpha value is -2.41. The van der Waals surface area contributed by atoms with E-state index < -0.39 is 0 Å². The summed E-state index contributed by atoms with van der Waals surface area (Å²) in [6.45, 7) is 4.16. The minimum atomic E-state index is -0.117. The Kier molecular flexibility index (Phi) is 4.06. The zero-order valence-corrected chi connectivity index (χ0v) is 13.3. The van der Waals surface area contributed by atoms with Gasteiger partial charge in [-0.2, -0.15) is 0 Å². The van der Waals surface area contributed by atoms with Crippen molar-refractivity contribution in [2.45, 2.75) is 20.3 Å². The third-order valence-corrected chi connectivity index (χ3v) is 4.17. The van der Waals surface area contributed by atoms with Crippen LogP contribution in [0.3, 0.4) is 0 Å². The zero-order valence-electron chi connectivity index (χ0n) is 12.5. The summed E-state index contributed by atoms with van der Waals surface area (Å²) in [6.07, 6.45) is 4.51. The second-order valence-corrected chi connectivity index (χ2v) is 6.02. The first-order valence-corrected chi connectivity index (χ1v) is 7.90. The van der Waals surface area contributed by atoms with Crippen LogP contribution in [0.25, 0.3) is 5.65 Å². The minimum Gasteiger partial charge on any atom is -0.368 e. The number of amides is 1. The number of aromatic nitrogens is 3. The van der Waals surface area contributed by atoms with E-state index in [0.717, 1.165) is 24.5 Å². The minimum absolute atomic E-state index is 0.117. The molecular weight excluding hydrogens is 298 g/mol. The summed E-state index contributed by atoms with van der Waals surface area (Å²) < 4.78 is 1.84. The Morgan fingerprint density at radius 3 is 3.05 bits per heavy atom. The van der Waals surface area contributed by atoms with Crippen LogP contribution in [0.5, 0.6) is 0 Å². The molecule has 1 amide bonds. The van der Waals surface area contributed by atoms with Gasteiger partial charge in [0, 0.05) is 18.3 Å². The van der Waals surface area contributed by atoms with Crippen molar-refractivity contribution in [1.29, 1.82) is 0 Å². The van der Waals surface area contributed by atoms with Crippen LogP contribution in [-0.4, -0.2) is 26.8 Å². The fraction of sp³-hybridized carbons (Fsp3) is 0.267. The molecule has 0 aliphatic rings. The molecule has 3 aromatic rings. The van der Waals surface area contributed by atoms with E-state index in [9.17, 15) is 4.79 Å². The maximum Gasteiger partial charge on any atom is 0.222 e. The number of hydrogen-bond acceptors (Lipinski definition) is 5. The first-order chi connectivity index (χ1) is 10.6. The van der Waals surface area contributed by atoms with Crippen molar-refractivity contribution in [1.82, 2.24) is 14.4 Å². The van der Waals surface area contributed by atoms with Crippen molar-refractivity contribution in [3.05, 3.63) is 40.5 Å². The molecule has 0 aliphatic carbocycles. The molecule has 0 saturated carbocycles. The first kappa shape index (κ1) is 14.5. The zero-order chi connectivity index (χ0) is 15.5. The van der Waals surface area contributed by atoms with Gasteiger partial charge in [0.05, 0.1) is 18.1 Å². The molecule has 0 radical (unpaired) electrons. The molecule has 3 rings (SSSR count). The summed E-state index contributed by atoms with van der Waals surface area (Å²) in [7, 11) is 0. The molecule has 0 atom stereocenters. The predicted molar refractivity (Wildman–Crippen MR) is 88.5 cm³/mol. The van der Waals surface area contributed by atoms with Gasteiger partial charge in [-0.05, 0) is 24.8 Å². The summed E-state index contributed by atoms with van der Waals surface area (Å²) >= 11 is 1.75. The number of imidazole rings is 1. The standard InChI is InChI=1S/C15H17N5OS/c1-10-15(19-11(2)21)20-9-13(17-8-14(20)18-10)16-6-5-12-4-3-7-22-12/h3-4,7-9,16H,5-6H2,1-2H3,(H,19,21). The van der Waals surface area contributed by atoms with Crippen LogP contribution in [0, 0.1) is 6.92 Å². The largest absolute Gasteiger partial charge is 0.368 e. The average Bonchev–Trinajstić information content (AvgIpc) is 3.08. The topological polar surface area (TPSA) is 71.3 Å². The maximum absolute atomic E-state index is 11.3. The van der Waals surface area contributed by atoms with Crippen molar-refractivity contribution < 1.29 is 4.79 Å². The van der Waals surface area contributed by atoms with E-state index in [1.54, 1.807) is 17.5 Å². The number of thiophene rings is 1. The predicted octanol–water partition coefficient (Wildman–Crippen LogP) is 2.71. The molecular formula is C15H17N5OS. The molecule has 0 bridgehead atoms. The van der Waals surface area contributed by atoms with Crippen molar-refractivity contribution in [3.63, 3.8) is 0 Å². The lowest BCUT2D eigenvalue weighted by molar-refractivity contribution is -0.114. The Labute approximate surface area is 132 Å². The molecule has 0 saturated heterocycles. The highest BCUT2D eigenvalue weighted by molar-refractivity contribution is 7.09. The Balaban J connectivity index is 1.77. The van der Waals surface area contributed by atoms with Crippen molar-refractivity contribution in [2.75, 3.05) is 17.2 Å². The van der Waals surface area contributed by atoms with Gasteiger partial charge in [0.2, 0.25) is 5.91 Å². The number of aryl methyl sites for hydroxylation is 1. The Morgan fingerprint density at radius 1 is 1.45 bits per heavy atom. The molecule has 3 aromatic heterocycles. The van der Waals surface area contributed by atoms with Gasteiger partial charge < -0.3 is 10.6 Å². The average molecular weight is 315 g/mol. The quantitative estimate of drug-likeness (QED) is 0.759. The molecule has 22 heavy (non-hydrogen) atoms. The summed E-state index contributed by atoms with van der Waals surface area (Å²) in [5.41, 5.74) is 1.48. The number of rotatable bonds is 5. The van der Waals surface area contributed by atoms with E-state index >= 15 is 0 Å². The van der Waals surface area contributed by atoms with Gasteiger partial charge in [0.25, 0.3) is 0 Å². The van der Waals surface area contributed by atoms with Crippen molar-refractivity contribution >= 4 is 34.5 Å². The lowest BCUT2D eigenvalue weighted by atomic mass is 10.3. The summed E-state index contributed by atoms with van der Waals surface area (Å²) in [4.78, 5) is 21.4. The van der Waals surface area contributed by atoms with Gasteiger partial charge in [-0.1, -0.05) is 6.07 Å². The van der Waals surface area contributed by atoms with Gasteiger partial charge in [-0.25, -0.2) is 9.97 Å². The van der Waals surface area contributed by atoms with Crippen LogP contribution in [-0.2, 0) is 11.2 Å². The molecule has 6 nitrogen and oxygen atoms in total. The molecule has 0 aliphatic heterocycles. The third-order valence-electron chi connectivity index (χ3n) is 3.24. The number of hydrogen-bond donors (Lipinski definition) is 2. The van der Waals surface area contributed by atoms with Crippen LogP contribution in [0.1, 0.15) is 17.5 Å². The van der Waals surface area contributed by atoms with E-state index in [-0.39, 0.29) is 5.91 Å². The maximum atomic E-state index is 11.3. The molecule has 114 valence electrons. The SMILES string of the molecule is CC(=O)Nc1c(C)nc2cnc(NCCc3cccs3)cn12. The number of carbonyl (C=O) groups is 1. The van der Waals surface area contributed by atoms with Crippen LogP contribution in [0.4, 0.5) is 11.6 Å². The summed E-state index contributed by atoms with van der Waals surface area (Å²) in [6, 6.07) is 4.18. The number of nitrogens with zero attached hydrogens (tertiary/aromatic N) is 3. The van der Waals surface area contributed by atoms with Gasteiger partial charge in [0.1, 0.15) is 11.6 Å². The first-order valence-electron chi connectivity index (χ1n) is 7.02. The van der Waals surface area contributed by atoms with Gasteiger partial charge in [0.15, 0.2) is 5.65 Å². The van der Waals surface area contributed by atoms with Crippen molar-refractivity contribution in [2.24, 2.45) is 0 Å². The number of nitrogens with one attached hydrogen (secondary N) is 2. The third kappa shape index (κ3) is 3.09. The van der Waals surface area contributed by atoms with E-state index in [2.05, 4.69) is 38.1 Å². The fourth-order valence-corrected chi connectivity index (χ4v) is 2.96. The van der Waals surface area contributed by atoms with E-state index in [1.807, 2.05) is 17.5 Å². The molecule has 7 heteroatoms. The number of carbonyl (C=O) groups excluding carboxylic acids is 1. The van der Waals surface area contributed by atoms with Crippen LogP contribution in [0.15, 0.2) is 29.9 Å². The smallest absolute Gasteiger partial charge is 0.222 e. The van der Waals surface area contributed by atoms with E-state index in [1.165, 1.54) is 11.8 Å². The highest BCUT2D eigenvalue weighted by Gasteiger charge is 2.10. The lowest BCUT2D eigenvalue weighted by Gasteiger charge is -2.07. The molecule has 3 heterocycles. The summed E-state index contributed by atoms with van der Waals surface area (Å²) in [5.74, 6) is 1.33. The number of anilines is 2. The molecule has 0 spiro atoms. The van der Waals surface area contributed by atoms with Gasteiger partial charge in [-0.15, -0.1) is 11.3 Å². The lowest BCUT2D eigenvalue weighted by Crippen LogP contribution is -2.10. The second kappa shape index (κ2) is 6.15.